The van der Waals surface area contributed by atoms with E-state index >= 15 is 0 Å². The molecule has 40 heavy (non-hydrogen) atoms. The Bertz CT molecular complexity index is 1320. The summed E-state index contributed by atoms with van der Waals surface area (Å²) in [6.45, 7) is 6.10. The van der Waals surface area contributed by atoms with Crippen LogP contribution < -0.4 is 4.74 Å². The lowest BCUT2D eigenvalue weighted by molar-refractivity contribution is -0.143. The molecule has 2 aromatic rings. The van der Waals surface area contributed by atoms with Crippen LogP contribution in [0.3, 0.4) is 0 Å². The number of hydrogen-bond donors (Lipinski definition) is 0. The first-order chi connectivity index (χ1) is 19.4. The van der Waals surface area contributed by atoms with Gasteiger partial charge in [0.1, 0.15) is 18.1 Å². The number of hydrogen-bond acceptors (Lipinski definition) is 6. The second-order valence-electron chi connectivity index (χ2n) is 12.6. The van der Waals surface area contributed by atoms with Crippen molar-refractivity contribution in [3.05, 3.63) is 39.7 Å². The minimum absolute atomic E-state index is 0.0218. The van der Waals surface area contributed by atoms with Gasteiger partial charge in [-0.15, -0.1) is 5.10 Å². The molecule has 1 saturated heterocycles. The highest BCUT2D eigenvalue weighted by Gasteiger charge is 2.52. The minimum atomic E-state index is -0.297. The van der Waals surface area contributed by atoms with Gasteiger partial charge in [0.05, 0.1) is 31.5 Å². The van der Waals surface area contributed by atoms with Gasteiger partial charge in [-0.2, -0.15) is 0 Å². The molecule has 0 unspecified atom stereocenters. The molecule has 0 bridgehead atoms. The third-order valence-corrected chi connectivity index (χ3v) is 10.4. The summed E-state index contributed by atoms with van der Waals surface area (Å²) in [4.78, 5) is 31.4. The SMILES string of the molecule is C[C@H]1CCCC[C@H]1C(=O)N1CCc2c(Cl)ccc(OCc3nnn4c3COCC4)c2[C@H]1CN1CC2(CC2)CC1=O. The predicted molar refractivity (Wildman–Crippen MR) is 148 cm³/mol. The van der Waals surface area contributed by atoms with Crippen molar-refractivity contribution in [1.29, 1.82) is 0 Å². The zero-order chi connectivity index (χ0) is 27.4. The number of likely N-dealkylation sites (tertiary alicyclic amines) is 1. The second kappa shape index (κ2) is 10.3. The van der Waals surface area contributed by atoms with Gasteiger partial charge < -0.3 is 19.3 Å². The lowest BCUT2D eigenvalue weighted by atomic mass is 9.78. The molecule has 3 aliphatic heterocycles. The molecule has 4 heterocycles. The lowest BCUT2D eigenvalue weighted by Crippen LogP contribution is -2.49. The van der Waals surface area contributed by atoms with Crippen molar-refractivity contribution in [1.82, 2.24) is 24.8 Å². The van der Waals surface area contributed by atoms with Crippen molar-refractivity contribution in [2.45, 2.75) is 84.1 Å². The standard InChI is InChI=1S/C30H38ClN5O4/c1-19-4-2-3-5-20(19)29(38)35-11-8-21-22(31)6-7-26(40-16-23-25-17-39-13-12-36(25)33-32-23)28(21)24(35)15-34-18-30(9-10-30)14-27(34)37/h6-7,19-20,24H,2-5,8-18H2,1H3/t19-,20+,24+/m0/s1. The highest BCUT2D eigenvalue weighted by atomic mass is 35.5. The number of carbonyl (C=O) groups is 2. The zero-order valence-electron chi connectivity index (χ0n) is 23.2. The average molecular weight is 568 g/mol. The van der Waals surface area contributed by atoms with Crippen LogP contribution in [0.4, 0.5) is 0 Å². The number of rotatable bonds is 6. The fourth-order valence-corrected chi connectivity index (χ4v) is 7.67. The number of ether oxygens (including phenoxy) is 2. The Morgan fingerprint density at radius 1 is 1.23 bits per heavy atom. The van der Waals surface area contributed by atoms with E-state index in [1.807, 2.05) is 21.7 Å². The van der Waals surface area contributed by atoms with E-state index in [4.69, 9.17) is 21.1 Å². The van der Waals surface area contributed by atoms with E-state index in [1.165, 1.54) is 6.42 Å². The van der Waals surface area contributed by atoms with Crippen molar-refractivity contribution >= 4 is 23.4 Å². The Kier molecular flexibility index (Phi) is 6.77. The highest BCUT2D eigenvalue weighted by Crippen LogP contribution is 2.54. The summed E-state index contributed by atoms with van der Waals surface area (Å²) < 4.78 is 14.0. The Hall–Kier alpha value is -2.65. The van der Waals surface area contributed by atoms with Crippen LogP contribution in [-0.2, 0) is 40.5 Å². The molecule has 2 saturated carbocycles. The van der Waals surface area contributed by atoms with Crippen molar-refractivity contribution in [2.75, 3.05) is 26.2 Å². The molecule has 0 N–H and O–H groups in total. The number of aromatic nitrogens is 3. The molecule has 2 aliphatic carbocycles. The fraction of sp³-hybridized carbons (Fsp3) is 0.667. The van der Waals surface area contributed by atoms with Gasteiger partial charge in [0, 0.05) is 42.6 Å². The van der Waals surface area contributed by atoms with Crippen LogP contribution in [0, 0.1) is 17.3 Å². The third kappa shape index (κ3) is 4.69. The fourth-order valence-electron chi connectivity index (χ4n) is 7.41. The number of carbonyl (C=O) groups excluding carboxylic acids is 2. The first-order valence-electron chi connectivity index (χ1n) is 14.9. The maximum atomic E-state index is 14.2. The number of benzene rings is 1. The summed E-state index contributed by atoms with van der Waals surface area (Å²) in [5.41, 5.74) is 3.81. The maximum absolute atomic E-state index is 14.2. The summed E-state index contributed by atoms with van der Waals surface area (Å²) in [6, 6.07) is 3.50. The molecule has 1 spiro atoms. The monoisotopic (exact) mass is 567 g/mol. The summed E-state index contributed by atoms with van der Waals surface area (Å²) in [5, 5.41) is 9.31. The van der Waals surface area contributed by atoms with Crippen LogP contribution in [-0.4, -0.2) is 62.8 Å². The molecule has 10 heteroatoms. The van der Waals surface area contributed by atoms with E-state index in [-0.39, 0.29) is 35.8 Å². The molecule has 5 aliphatic rings. The van der Waals surface area contributed by atoms with Gasteiger partial charge in [-0.3, -0.25) is 9.59 Å². The lowest BCUT2D eigenvalue weighted by Gasteiger charge is -2.43. The van der Waals surface area contributed by atoms with Gasteiger partial charge >= 0.3 is 0 Å². The average Bonchev–Trinajstić information content (AvgIpc) is 3.46. The smallest absolute Gasteiger partial charge is 0.226 e. The molecule has 0 radical (unpaired) electrons. The molecule has 3 atom stereocenters. The first kappa shape index (κ1) is 26.3. The molecular weight excluding hydrogens is 530 g/mol. The van der Waals surface area contributed by atoms with Crippen LogP contribution in [0.15, 0.2) is 12.1 Å². The van der Waals surface area contributed by atoms with Gasteiger partial charge in [-0.1, -0.05) is 36.6 Å². The zero-order valence-corrected chi connectivity index (χ0v) is 24.0. The normalized spacial score (nSPS) is 27.1. The summed E-state index contributed by atoms with van der Waals surface area (Å²) in [6.07, 6.45) is 7.83. The van der Waals surface area contributed by atoms with Gasteiger partial charge in [0.15, 0.2) is 0 Å². The summed E-state index contributed by atoms with van der Waals surface area (Å²) in [7, 11) is 0. The third-order valence-electron chi connectivity index (χ3n) is 10.0. The van der Waals surface area contributed by atoms with E-state index in [1.54, 1.807) is 0 Å². The van der Waals surface area contributed by atoms with Crippen LogP contribution in [0.5, 0.6) is 5.75 Å². The van der Waals surface area contributed by atoms with Crippen LogP contribution in [0.2, 0.25) is 5.02 Å². The Labute approximate surface area is 240 Å². The molecule has 1 aromatic carbocycles. The summed E-state index contributed by atoms with van der Waals surface area (Å²) >= 11 is 6.79. The van der Waals surface area contributed by atoms with Crippen LogP contribution in [0.25, 0.3) is 0 Å². The first-order valence-corrected chi connectivity index (χ1v) is 15.3. The van der Waals surface area contributed by atoms with Crippen LogP contribution in [0.1, 0.15) is 80.4 Å². The highest BCUT2D eigenvalue weighted by molar-refractivity contribution is 6.31. The largest absolute Gasteiger partial charge is 0.487 e. The van der Waals surface area contributed by atoms with Crippen molar-refractivity contribution < 1.29 is 19.1 Å². The van der Waals surface area contributed by atoms with E-state index in [0.29, 0.717) is 62.4 Å². The molecule has 3 fully saturated rings. The Balaban J connectivity index is 1.22. The van der Waals surface area contributed by atoms with Gasteiger partial charge in [0.25, 0.3) is 0 Å². The van der Waals surface area contributed by atoms with E-state index in [9.17, 15) is 9.59 Å². The Morgan fingerprint density at radius 2 is 2.08 bits per heavy atom. The quantitative estimate of drug-likeness (QED) is 0.517. The van der Waals surface area contributed by atoms with Crippen molar-refractivity contribution in [2.24, 2.45) is 17.3 Å². The van der Waals surface area contributed by atoms with Crippen molar-refractivity contribution in [3.63, 3.8) is 0 Å². The van der Waals surface area contributed by atoms with Gasteiger partial charge in [-0.05, 0) is 61.1 Å². The predicted octanol–water partition coefficient (Wildman–Crippen LogP) is 4.31. The van der Waals surface area contributed by atoms with Gasteiger partial charge in [-0.25, -0.2) is 4.68 Å². The van der Waals surface area contributed by atoms with Crippen molar-refractivity contribution in [3.8, 4) is 5.75 Å². The number of fused-ring (bicyclic) bond motifs is 2. The molecule has 7 rings (SSSR count). The molecule has 214 valence electrons. The number of amides is 2. The van der Waals surface area contributed by atoms with E-state index in [0.717, 1.165) is 61.2 Å². The molecule has 2 amide bonds. The summed E-state index contributed by atoms with van der Waals surface area (Å²) in [5.74, 6) is 1.50. The number of nitrogens with zero attached hydrogens (tertiary/aromatic N) is 5. The molecule has 9 nitrogen and oxygen atoms in total. The maximum Gasteiger partial charge on any atom is 0.226 e. The van der Waals surface area contributed by atoms with E-state index < -0.39 is 0 Å². The Morgan fingerprint density at radius 3 is 2.88 bits per heavy atom. The van der Waals surface area contributed by atoms with E-state index in [2.05, 4.69) is 22.1 Å². The topological polar surface area (TPSA) is 89.8 Å². The van der Waals surface area contributed by atoms with Crippen LogP contribution >= 0.6 is 11.6 Å². The molecular formula is C30H38ClN5O4. The second-order valence-corrected chi connectivity index (χ2v) is 13.0. The number of halogens is 1. The molecule has 1 aromatic heterocycles. The minimum Gasteiger partial charge on any atom is -0.487 e. The van der Waals surface area contributed by atoms with Gasteiger partial charge in [0.2, 0.25) is 11.8 Å².